The van der Waals surface area contributed by atoms with Crippen LogP contribution in [0.4, 0.5) is 0 Å². The zero-order valence-electron chi connectivity index (χ0n) is 12.2. The molecule has 0 unspecified atom stereocenters. The van der Waals surface area contributed by atoms with E-state index in [1.165, 1.54) is 44.1 Å². The summed E-state index contributed by atoms with van der Waals surface area (Å²) in [7, 11) is 0. The summed E-state index contributed by atoms with van der Waals surface area (Å²) in [6, 6.07) is 8.42. The van der Waals surface area contributed by atoms with Crippen molar-refractivity contribution in [2.24, 2.45) is 11.1 Å². The summed E-state index contributed by atoms with van der Waals surface area (Å²) in [5.74, 6) is 0.966. The van der Waals surface area contributed by atoms with Gasteiger partial charge in [0.2, 0.25) is 0 Å². The molecular weight excluding hydrogens is 246 g/mol. The van der Waals surface area contributed by atoms with E-state index >= 15 is 0 Å². The van der Waals surface area contributed by atoms with Crippen LogP contribution in [0.2, 0.25) is 0 Å². The standard InChI is InChI=1S/C18H25NO/c19-12-4-6-15-5-3-8-17(13-15)20-14-16-7-1-2-9-18(16)10-11-18/h3,5,8,13-14H,1-2,4,6-7,9-12,19H2/b16-14+. The minimum Gasteiger partial charge on any atom is -0.465 e. The van der Waals surface area contributed by atoms with E-state index in [4.69, 9.17) is 10.5 Å². The Balaban J connectivity index is 1.65. The van der Waals surface area contributed by atoms with Gasteiger partial charge in [-0.1, -0.05) is 18.6 Å². The number of allylic oxidation sites excluding steroid dienone is 1. The molecule has 0 bridgehead atoms. The van der Waals surface area contributed by atoms with Gasteiger partial charge in [0.25, 0.3) is 0 Å². The van der Waals surface area contributed by atoms with E-state index in [0.717, 1.165) is 25.1 Å². The van der Waals surface area contributed by atoms with Crippen LogP contribution in [0.1, 0.15) is 50.5 Å². The summed E-state index contributed by atoms with van der Waals surface area (Å²) >= 11 is 0. The Kier molecular flexibility index (Phi) is 4.11. The first-order valence-corrected chi connectivity index (χ1v) is 7.98. The average Bonchev–Trinajstić information content (AvgIpc) is 3.25. The van der Waals surface area contributed by atoms with Crippen LogP contribution in [0.5, 0.6) is 5.75 Å². The molecule has 0 atom stereocenters. The van der Waals surface area contributed by atoms with Crippen molar-refractivity contribution >= 4 is 0 Å². The lowest BCUT2D eigenvalue weighted by atomic mass is 9.82. The third-order valence-corrected chi connectivity index (χ3v) is 4.79. The Morgan fingerprint density at radius 2 is 2.10 bits per heavy atom. The number of rotatable bonds is 5. The highest BCUT2D eigenvalue weighted by atomic mass is 16.5. The third-order valence-electron chi connectivity index (χ3n) is 4.79. The normalized spacial score (nSPS) is 22.1. The van der Waals surface area contributed by atoms with Crippen LogP contribution in [0.15, 0.2) is 36.1 Å². The second-order valence-corrected chi connectivity index (χ2v) is 6.29. The Morgan fingerprint density at radius 3 is 2.90 bits per heavy atom. The van der Waals surface area contributed by atoms with Crippen molar-refractivity contribution in [3.63, 3.8) is 0 Å². The molecule has 1 spiro atoms. The van der Waals surface area contributed by atoms with Crippen LogP contribution < -0.4 is 10.5 Å². The average molecular weight is 271 g/mol. The van der Waals surface area contributed by atoms with E-state index in [1.807, 2.05) is 12.3 Å². The first-order chi connectivity index (χ1) is 9.82. The van der Waals surface area contributed by atoms with Crippen molar-refractivity contribution in [1.82, 2.24) is 0 Å². The molecule has 1 aromatic carbocycles. The molecule has 108 valence electrons. The quantitative estimate of drug-likeness (QED) is 0.815. The summed E-state index contributed by atoms with van der Waals surface area (Å²) in [4.78, 5) is 0. The Bertz CT molecular complexity index is 488. The molecule has 0 radical (unpaired) electrons. The zero-order valence-corrected chi connectivity index (χ0v) is 12.2. The Morgan fingerprint density at radius 1 is 1.20 bits per heavy atom. The lowest BCUT2D eigenvalue weighted by Gasteiger charge is -2.24. The van der Waals surface area contributed by atoms with E-state index in [2.05, 4.69) is 18.2 Å². The van der Waals surface area contributed by atoms with Gasteiger partial charge in [0.05, 0.1) is 6.26 Å². The molecule has 2 fully saturated rings. The van der Waals surface area contributed by atoms with Gasteiger partial charge < -0.3 is 10.5 Å². The third kappa shape index (κ3) is 3.06. The number of ether oxygens (including phenoxy) is 1. The van der Waals surface area contributed by atoms with Crippen LogP contribution in [0.25, 0.3) is 0 Å². The van der Waals surface area contributed by atoms with Gasteiger partial charge in [-0.15, -0.1) is 0 Å². The molecule has 0 aromatic heterocycles. The van der Waals surface area contributed by atoms with Gasteiger partial charge in [-0.3, -0.25) is 0 Å². The number of nitrogens with two attached hydrogens (primary N) is 1. The molecule has 2 aliphatic carbocycles. The summed E-state index contributed by atoms with van der Waals surface area (Å²) in [5.41, 5.74) is 8.97. The second-order valence-electron chi connectivity index (χ2n) is 6.29. The van der Waals surface area contributed by atoms with E-state index in [0.29, 0.717) is 5.41 Å². The van der Waals surface area contributed by atoms with Gasteiger partial charge in [0, 0.05) is 0 Å². The maximum Gasteiger partial charge on any atom is 0.126 e. The predicted molar refractivity (Wildman–Crippen MR) is 82.7 cm³/mol. The summed E-state index contributed by atoms with van der Waals surface area (Å²) in [5, 5.41) is 0. The summed E-state index contributed by atoms with van der Waals surface area (Å²) in [6.07, 6.45) is 12.2. The van der Waals surface area contributed by atoms with Crippen LogP contribution in [0.3, 0.4) is 0 Å². The van der Waals surface area contributed by atoms with Crippen molar-refractivity contribution < 1.29 is 4.74 Å². The Hall–Kier alpha value is -1.28. The van der Waals surface area contributed by atoms with Gasteiger partial charge >= 0.3 is 0 Å². The predicted octanol–water partition coefficient (Wildman–Crippen LogP) is 4.19. The molecule has 0 aliphatic heterocycles. The number of aryl methyl sites for hydroxylation is 1. The molecule has 0 saturated heterocycles. The first kappa shape index (κ1) is 13.7. The summed E-state index contributed by atoms with van der Waals surface area (Å²) < 4.78 is 5.95. The van der Waals surface area contributed by atoms with Gasteiger partial charge in [-0.2, -0.15) is 0 Å². The monoisotopic (exact) mass is 271 g/mol. The van der Waals surface area contributed by atoms with Crippen molar-refractivity contribution in [2.45, 2.75) is 51.4 Å². The highest BCUT2D eigenvalue weighted by Crippen LogP contribution is 2.59. The van der Waals surface area contributed by atoms with E-state index in [-0.39, 0.29) is 0 Å². The fraction of sp³-hybridized carbons (Fsp3) is 0.556. The van der Waals surface area contributed by atoms with E-state index < -0.39 is 0 Å². The maximum atomic E-state index is 5.95. The minimum absolute atomic E-state index is 0.537. The second kappa shape index (κ2) is 6.01. The maximum absolute atomic E-state index is 5.95. The molecule has 0 amide bonds. The molecule has 2 heteroatoms. The van der Waals surface area contributed by atoms with Gasteiger partial charge in [0.1, 0.15) is 5.75 Å². The van der Waals surface area contributed by atoms with Crippen LogP contribution in [0, 0.1) is 5.41 Å². The van der Waals surface area contributed by atoms with Crippen molar-refractivity contribution in [3.05, 3.63) is 41.7 Å². The highest BCUT2D eigenvalue weighted by molar-refractivity contribution is 5.30. The molecule has 2 aliphatic rings. The van der Waals surface area contributed by atoms with Gasteiger partial charge in [-0.25, -0.2) is 0 Å². The number of hydrogen-bond acceptors (Lipinski definition) is 2. The first-order valence-electron chi connectivity index (χ1n) is 7.98. The molecule has 2 nitrogen and oxygen atoms in total. The van der Waals surface area contributed by atoms with Crippen LogP contribution >= 0.6 is 0 Å². The van der Waals surface area contributed by atoms with Gasteiger partial charge in [-0.05, 0) is 80.2 Å². The number of hydrogen-bond donors (Lipinski definition) is 1. The molecule has 1 aromatic rings. The topological polar surface area (TPSA) is 35.2 Å². The molecule has 2 N–H and O–H groups in total. The fourth-order valence-electron chi connectivity index (χ4n) is 3.33. The van der Waals surface area contributed by atoms with Crippen LogP contribution in [-0.4, -0.2) is 6.54 Å². The lowest BCUT2D eigenvalue weighted by molar-refractivity contribution is 0.398. The largest absolute Gasteiger partial charge is 0.465 e. The lowest BCUT2D eigenvalue weighted by Crippen LogP contribution is -2.11. The molecule has 3 rings (SSSR count). The summed E-state index contributed by atoms with van der Waals surface area (Å²) in [6.45, 7) is 0.748. The molecule has 20 heavy (non-hydrogen) atoms. The molecule has 0 heterocycles. The van der Waals surface area contributed by atoms with Gasteiger partial charge in [0.15, 0.2) is 0 Å². The van der Waals surface area contributed by atoms with Crippen molar-refractivity contribution in [3.8, 4) is 5.75 Å². The molecular formula is C18H25NO. The minimum atomic E-state index is 0.537. The van der Waals surface area contributed by atoms with Crippen LogP contribution in [-0.2, 0) is 6.42 Å². The Labute approximate surface area is 122 Å². The van der Waals surface area contributed by atoms with Crippen molar-refractivity contribution in [1.29, 1.82) is 0 Å². The SMILES string of the molecule is NCCCc1cccc(O/C=C2\CCCCC23CC3)c1. The van der Waals surface area contributed by atoms with E-state index in [9.17, 15) is 0 Å². The molecule has 2 saturated carbocycles. The van der Waals surface area contributed by atoms with E-state index in [1.54, 1.807) is 5.57 Å². The highest BCUT2D eigenvalue weighted by Gasteiger charge is 2.46. The fourth-order valence-corrected chi connectivity index (χ4v) is 3.33. The zero-order chi connectivity index (χ0) is 13.8. The van der Waals surface area contributed by atoms with Crippen molar-refractivity contribution in [2.75, 3.05) is 6.54 Å². The number of benzene rings is 1. The smallest absolute Gasteiger partial charge is 0.126 e.